The fourth-order valence-electron chi connectivity index (χ4n) is 1.14. The molecule has 0 aliphatic heterocycles. The first-order valence-corrected chi connectivity index (χ1v) is 6.36. The summed E-state index contributed by atoms with van der Waals surface area (Å²) < 4.78 is 0. The number of carbonyl (C=O) groups excluding carboxylic acids is 2. The molecule has 0 aliphatic rings. The molecule has 0 aromatic rings. The van der Waals surface area contributed by atoms with Crippen LogP contribution >= 0.6 is 12.6 Å². The van der Waals surface area contributed by atoms with Gasteiger partial charge >= 0.3 is 0 Å². The predicted molar refractivity (Wildman–Crippen MR) is 73.1 cm³/mol. The van der Waals surface area contributed by atoms with E-state index in [0.29, 0.717) is 0 Å². The first kappa shape index (κ1) is 16.3. The lowest BCUT2D eigenvalue weighted by Gasteiger charge is -2.24. The van der Waals surface area contributed by atoms with Crippen LogP contribution in [0.4, 0.5) is 0 Å². The Bertz CT molecular complexity index is 285. The van der Waals surface area contributed by atoms with E-state index in [1.807, 2.05) is 34.6 Å². The highest BCUT2D eigenvalue weighted by Gasteiger charge is 2.24. The van der Waals surface area contributed by atoms with E-state index in [1.54, 1.807) is 6.92 Å². The first-order valence-electron chi connectivity index (χ1n) is 5.85. The van der Waals surface area contributed by atoms with Crippen molar-refractivity contribution in [3.05, 3.63) is 0 Å². The van der Waals surface area contributed by atoms with Crippen LogP contribution in [0.1, 0.15) is 41.5 Å². The normalized spacial score (nSPS) is 15.3. The van der Waals surface area contributed by atoms with Gasteiger partial charge in [0.2, 0.25) is 11.8 Å². The minimum absolute atomic E-state index is 0.135. The molecule has 4 nitrogen and oxygen atoms in total. The highest BCUT2D eigenvalue weighted by atomic mass is 32.1. The van der Waals surface area contributed by atoms with Gasteiger partial charge in [0.15, 0.2) is 0 Å². The molecule has 2 atom stereocenters. The van der Waals surface area contributed by atoms with Crippen LogP contribution < -0.4 is 10.6 Å². The monoisotopic (exact) mass is 260 g/mol. The Balaban J connectivity index is 4.31. The number of hydrogen-bond donors (Lipinski definition) is 3. The van der Waals surface area contributed by atoms with Crippen LogP contribution in [0.3, 0.4) is 0 Å². The molecule has 0 radical (unpaired) electrons. The molecule has 0 spiro atoms. The maximum Gasteiger partial charge on any atom is 0.242 e. The van der Waals surface area contributed by atoms with E-state index in [9.17, 15) is 9.59 Å². The van der Waals surface area contributed by atoms with E-state index < -0.39 is 6.04 Å². The molecule has 0 saturated heterocycles. The third-order valence-electron chi connectivity index (χ3n) is 2.15. The van der Waals surface area contributed by atoms with Crippen LogP contribution in [0.5, 0.6) is 0 Å². The summed E-state index contributed by atoms with van der Waals surface area (Å²) in [4.78, 5) is 23.4. The summed E-state index contributed by atoms with van der Waals surface area (Å²) in [7, 11) is 0. The van der Waals surface area contributed by atoms with Gasteiger partial charge in [0, 0.05) is 5.54 Å². The summed E-state index contributed by atoms with van der Waals surface area (Å²) in [5, 5.41) is 5.08. The lowest BCUT2D eigenvalue weighted by atomic mass is 10.1. The van der Waals surface area contributed by atoms with Crippen molar-refractivity contribution in [2.75, 3.05) is 0 Å². The van der Waals surface area contributed by atoms with Crippen LogP contribution in [-0.2, 0) is 9.59 Å². The maximum absolute atomic E-state index is 11.7. The van der Waals surface area contributed by atoms with Crippen LogP contribution in [-0.4, -0.2) is 28.6 Å². The van der Waals surface area contributed by atoms with Gasteiger partial charge in [-0.3, -0.25) is 9.59 Å². The van der Waals surface area contributed by atoms with E-state index in [2.05, 4.69) is 23.3 Å². The van der Waals surface area contributed by atoms with Crippen LogP contribution in [0.15, 0.2) is 0 Å². The lowest BCUT2D eigenvalue weighted by Crippen LogP contribution is -2.52. The second kappa shape index (κ2) is 6.28. The van der Waals surface area contributed by atoms with E-state index in [0.717, 1.165) is 0 Å². The molecule has 0 rings (SSSR count). The molecule has 0 aliphatic carbocycles. The number of rotatable bonds is 4. The highest BCUT2D eigenvalue weighted by molar-refractivity contribution is 7.81. The Hall–Kier alpha value is -0.710. The van der Waals surface area contributed by atoms with Gasteiger partial charge < -0.3 is 10.6 Å². The van der Waals surface area contributed by atoms with Gasteiger partial charge in [-0.15, -0.1) is 0 Å². The Kier molecular flexibility index (Phi) is 6.02. The van der Waals surface area contributed by atoms with Gasteiger partial charge in [0.25, 0.3) is 0 Å². The standard InChI is InChI=1S/C12H24N2O2S/c1-7(2)9(17)11(16)13-8(3)10(15)14-12(4,5)6/h7-9,17H,1-6H3,(H,13,16)(H,14,15). The van der Waals surface area contributed by atoms with Crippen molar-refractivity contribution in [1.29, 1.82) is 0 Å². The zero-order chi connectivity index (χ0) is 13.8. The smallest absolute Gasteiger partial charge is 0.242 e. The Morgan fingerprint density at radius 3 is 1.88 bits per heavy atom. The van der Waals surface area contributed by atoms with E-state index in [-0.39, 0.29) is 28.5 Å². The largest absolute Gasteiger partial charge is 0.350 e. The molecule has 0 saturated carbocycles. The zero-order valence-electron chi connectivity index (χ0n) is 11.5. The average Bonchev–Trinajstić information content (AvgIpc) is 2.13. The Labute approximate surface area is 109 Å². The molecule has 100 valence electrons. The van der Waals surface area contributed by atoms with Gasteiger partial charge in [0.1, 0.15) is 6.04 Å². The molecule has 0 fully saturated rings. The fraction of sp³-hybridized carbons (Fsp3) is 0.833. The van der Waals surface area contributed by atoms with Crippen LogP contribution in [0.25, 0.3) is 0 Å². The van der Waals surface area contributed by atoms with Crippen molar-refractivity contribution < 1.29 is 9.59 Å². The molecule has 0 aromatic carbocycles. The number of nitrogens with one attached hydrogen (secondary N) is 2. The van der Waals surface area contributed by atoms with Gasteiger partial charge in [-0.05, 0) is 33.6 Å². The van der Waals surface area contributed by atoms with Gasteiger partial charge in [-0.25, -0.2) is 0 Å². The molecule has 2 amide bonds. The topological polar surface area (TPSA) is 58.2 Å². The lowest BCUT2D eigenvalue weighted by molar-refractivity contribution is -0.129. The Morgan fingerprint density at radius 1 is 1.06 bits per heavy atom. The predicted octanol–water partition coefficient (Wildman–Crippen LogP) is 1.36. The van der Waals surface area contributed by atoms with Crippen molar-refractivity contribution in [2.45, 2.75) is 58.4 Å². The molecule has 5 heteroatoms. The van der Waals surface area contributed by atoms with Crippen molar-refractivity contribution in [3.8, 4) is 0 Å². The number of amides is 2. The van der Waals surface area contributed by atoms with Crippen molar-refractivity contribution in [1.82, 2.24) is 10.6 Å². The summed E-state index contributed by atoms with van der Waals surface area (Å²) in [6.45, 7) is 11.2. The average molecular weight is 260 g/mol. The number of carbonyl (C=O) groups is 2. The second-order valence-electron chi connectivity index (χ2n) is 5.66. The molecule has 0 aromatic heterocycles. The first-order chi connectivity index (χ1) is 7.54. The molecule has 0 heterocycles. The SMILES string of the molecule is CC(NC(=O)C(S)C(C)C)C(=O)NC(C)(C)C. The van der Waals surface area contributed by atoms with E-state index in [1.165, 1.54) is 0 Å². The molecular weight excluding hydrogens is 236 g/mol. The molecular formula is C12H24N2O2S. The molecule has 0 bridgehead atoms. The van der Waals surface area contributed by atoms with Gasteiger partial charge in [0.05, 0.1) is 5.25 Å². The van der Waals surface area contributed by atoms with Crippen LogP contribution in [0, 0.1) is 5.92 Å². The summed E-state index contributed by atoms with van der Waals surface area (Å²) >= 11 is 4.21. The van der Waals surface area contributed by atoms with Crippen molar-refractivity contribution in [2.24, 2.45) is 5.92 Å². The maximum atomic E-state index is 11.7. The Morgan fingerprint density at radius 2 is 1.53 bits per heavy atom. The minimum Gasteiger partial charge on any atom is -0.350 e. The minimum atomic E-state index is -0.546. The summed E-state index contributed by atoms with van der Waals surface area (Å²) in [5.41, 5.74) is -0.297. The van der Waals surface area contributed by atoms with Crippen molar-refractivity contribution >= 4 is 24.4 Å². The van der Waals surface area contributed by atoms with Crippen molar-refractivity contribution in [3.63, 3.8) is 0 Å². The number of thiol groups is 1. The third-order valence-corrected chi connectivity index (χ3v) is 2.98. The van der Waals surface area contributed by atoms with Gasteiger partial charge in [-0.1, -0.05) is 13.8 Å². The quantitative estimate of drug-likeness (QED) is 0.669. The highest BCUT2D eigenvalue weighted by Crippen LogP contribution is 2.09. The summed E-state index contributed by atoms with van der Waals surface area (Å²) in [6, 6.07) is -0.546. The van der Waals surface area contributed by atoms with Crippen LogP contribution in [0.2, 0.25) is 0 Å². The van der Waals surface area contributed by atoms with E-state index >= 15 is 0 Å². The number of hydrogen-bond acceptors (Lipinski definition) is 3. The summed E-state index contributed by atoms with van der Waals surface area (Å²) in [6.07, 6.45) is 0. The fourth-order valence-corrected chi connectivity index (χ4v) is 1.22. The molecule has 2 N–H and O–H groups in total. The summed E-state index contributed by atoms with van der Waals surface area (Å²) in [5.74, 6) is -0.258. The second-order valence-corrected chi connectivity index (χ2v) is 6.21. The molecule has 17 heavy (non-hydrogen) atoms. The van der Waals surface area contributed by atoms with Gasteiger partial charge in [-0.2, -0.15) is 12.6 Å². The molecule has 2 unspecified atom stereocenters. The third kappa shape index (κ3) is 6.56. The zero-order valence-corrected chi connectivity index (χ0v) is 12.4. The van der Waals surface area contributed by atoms with E-state index in [4.69, 9.17) is 0 Å².